The Kier molecular flexibility index (Phi) is 3.44. The summed E-state index contributed by atoms with van der Waals surface area (Å²) in [6, 6.07) is 13.7. The molecule has 2 aromatic carbocycles. The van der Waals surface area contributed by atoms with Crippen molar-refractivity contribution in [1.82, 2.24) is 0 Å². The monoisotopic (exact) mass is 253 g/mol. The van der Waals surface area contributed by atoms with Gasteiger partial charge in [-0.3, -0.25) is 10.1 Å². The highest BCUT2D eigenvalue weighted by molar-refractivity contribution is 5.71. The van der Waals surface area contributed by atoms with Crippen LogP contribution in [0.1, 0.15) is 11.1 Å². The van der Waals surface area contributed by atoms with Crippen LogP contribution < -0.4 is 5.32 Å². The van der Waals surface area contributed by atoms with Crippen LogP contribution >= 0.6 is 0 Å². The molecule has 1 N–H and O–H groups in total. The first kappa shape index (κ1) is 12.6. The zero-order chi connectivity index (χ0) is 13.8. The van der Waals surface area contributed by atoms with Gasteiger partial charge in [-0.1, -0.05) is 17.7 Å². The van der Waals surface area contributed by atoms with E-state index in [0.717, 1.165) is 11.3 Å². The third-order valence-electron chi connectivity index (χ3n) is 2.65. The minimum atomic E-state index is -0.475. The van der Waals surface area contributed by atoms with E-state index >= 15 is 0 Å². The largest absolute Gasteiger partial charge is 0.350 e. The van der Waals surface area contributed by atoms with Crippen molar-refractivity contribution < 1.29 is 4.92 Å². The first-order valence-electron chi connectivity index (χ1n) is 5.62. The van der Waals surface area contributed by atoms with Crippen molar-refractivity contribution in [1.29, 1.82) is 5.26 Å². The maximum Gasteiger partial charge on any atom is 0.292 e. The van der Waals surface area contributed by atoms with Crippen LogP contribution in [0.5, 0.6) is 0 Å². The zero-order valence-corrected chi connectivity index (χ0v) is 10.3. The van der Waals surface area contributed by atoms with E-state index < -0.39 is 4.92 Å². The van der Waals surface area contributed by atoms with Crippen molar-refractivity contribution in [3.05, 3.63) is 63.7 Å². The molecule has 0 saturated carbocycles. The first-order chi connectivity index (χ1) is 9.10. The highest BCUT2D eigenvalue weighted by Gasteiger charge is 2.14. The molecule has 0 saturated heterocycles. The molecule has 0 fully saturated rings. The number of aryl methyl sites for hydroxylation is 1. The van der Waals surface area contributed by atoms with Gasteiger partial charge in [0.2, 0.25) is 0 Å². The smallest absolute Gasteiger partial charge is 0.292 e. The number of nitriles is 1. The topological polar surface area (TPSA) is 79.0 Å². The molecule has 0 bridgehead atoms. The predicted octanol–water partition coefficient (Wildman–Crippen LogP) is 3.52. The molecular formula is C14H11N3O2. The van der Waals surface area contributed by atoms with Gasteiger partial charge in [-0.2, -0.15) is 5.26 Å². The van der Waals surface area contributed by atoms with Gasteiger partial charge in [0.25, 0.3) is 5.69 Å². The Hall–Kier alpha value is -2.87. The molecule has 0 unspecified atom stereocenters. The van der Waals surface area contributed by atoms with E-state index in [4.69, 9.17) is 5.26 Å². The number of anilines is 2. The lowest BCUT2D eigenvalue weighted by Gasteiger charge is -2.07. The molecule has 5 heteroatoms. The van der Waals surface area contributed by atoms with Crippen molar-refractivity contribution in [3.8, 4) is 6.07 Å². The number of nitro groups is 1. The maximum absolute atomic E-state index is 10.9. The molecule has 5 nitrogen and oxygen atoms in total. The molecular weight excluding hydrogens is 242 g/mol. The van der Waals surface area contributed by atoms with Gasteiger partial charge in [0.15, 0.2) is 0 Å². The van der Waals surface area contributed by atoms with Gasteiger partial charge in [-0.05, 0) is 31.2 Å². The van der Waals surface area contributed by atoms with Crippen molar-refractivity contribution in [2.24, 2.45) is 0 Å². The Morgan fingerprint density at radius 2 is 1.89 bits per heavy atom. The molecule has 19 heavy (non-hydrogen) atoms. The molecule has 0 amide bonds. The van der Waals surface area contributed by atoms with Gasteiger partial charge in [0.05, 0.1) is 16.6 Å². The number of rotatable bonds is 3. The van der Waals surface area contributed by atoms with Crippen molar-refractivity contribution in [2.75, 3.05) is 5.32 Å². The Bertz CT molecular complexity index is 657. The minimum Gasteiger partial charge on any atom is -0.350 e. The molecule has 0 aliphatic heterocycles. The van der Waals surface area contributed by atoms with Crippen LogP contribution in [0.4, 0.5) is 17.1 Å². The summed E-state index contributed by atoms with van der Waals surface area (Å²) in [5.41, 5.74) is 2.47. The van der Waals surface area contributed by atoms with Crippen LogP contribution in [0.15, 0.2) is 42.5 Å². The summed E-state index contributed by atoms with van der Waals surface area (Å²) in [7, 11) is 0. The average molecular weight is 253 g/mol. The number of hydrogen-bond donors (Lipinski definition) is 1. The SMILES string of the molecule is Cc1ccc(Nc2cc(C#N)ccc2[N+](=O)[O-])cc1. The van der Waals surface area contributed by atoms with Gasteiger partial charge in [-0.15, -0.1) is 0 Å². The fourth-order valence-electron chi connectivity index (χ4n) is 1.66. The van der Waals surface area contributed by atoms with E-state index in [1.54, 1.807) is 0 Å². The molecule has 2 aromatic rings. The van der Waals surface area contributed by atoms with E-state index in [1.807, 2.05) is 37.3 Å². The molecule has 94 valence electrons. The average Bonchev–Trinajstić information content (AvgIpc) is 2.41. The molecule has 0 spiro atoms. The number of hydrogen-bond acceptors (Lipinski definition) is 4. The minimum absolute atomic E-state index is 0.0559. The molecule has 0 atom stereocenters. The van der Waals surface area contributed by atoms with Gasteiger partial charge in [0.1, 0.15) is 5.69 Å². The Morgan fingerprint density at radius 1 is 1.21 bits per heavy atom. The second-order valence-electron chi connectivity index (χ2n) is 4.09. The first-order valence-corrected chi connectivity index (χ1v) is 5.62. The summed E-state index contributed by atoms with van der Waals surface area (Å²) < 4.78 is 0. The van der Waals surface area contributed by atoms with E-state index in [-0.39, 0.29) is 5.69 Å². The quantitative estimate of drug-likeness (QED) is 0.670. The van der Waals surface area contributed by atoms with Crippen LogP contribution in [-0.4, -0.2) is 4.92 Å². The molecule has 2 rings (SSSR count). The van der Waals surface area contributed by atoms with E-state index in [0.29, 0.717) is 11.3 Å². The second-order valence-corrected chi connectivity index (χ2v) is 4.09. The summed E-state index contributed by atoms with van der Waals surface area (Å²) in [4.78, 5) is 10.5. The third kappa shape index (κ3) is 2.87. The highest BCUT2D eigenvalue weighted by Crippen LogP contribution is 2.28. The summed E-state index contributed by atoms with van der Waals surface area (Å²) >= 11 is 0. The number of benzene rings is 2. The second kappa shape index (κ2) is 5.19. The Labute approximate surface area is 110 Å². The number of nitrogens with zero attached hydrogens (tertiary/aromatic N) is 2. The summed E-state index contributed by atoms with van der Waals surface area (Å²) in [5.74, 6) is 0. The van der Waals surface area contributed by atoms with E-state index in [9.17, 15) is 10.1 Å². The third-order valence-corrected chi connectivity index (χ3v) is 2.65. The number of nitro benzene ring substituents is 1. The van der Waals surface area contributed by atoms with E-state index in [1.165, 1.54) is 18.2 Å². The van der Waals surface area contributed by atoms with Crippen LogP contribution in [0.2, 0.25) is 0 Å². The van der Waals surface area contributed by atoms with Crippen LogP contribution in [0, 0.1) is 28.4 Å². The van der Waals surface area contributed by atoms with Crippen LogP contribution in [0.25, 0.3) is 0 Å². The summed E-state index contributed by atoms with van der Waals surface area (Å²) in [6.45, 7) is 1.96. The fraction of sp³-hybridized carbons (Fsp3) is 0.0714. The van der Waals surface area contributed by atoms with Gasteiger partial charge >= 0.3 is 0 Å². The standard InChI is InChI=1S/C14H11N3O2/c1-10-2-5-12(6-3-10)16-13-8-11(9-15)4-7-14(13)17(18)19/h2-8,16H,1H3. The van der Waals surface area contributed by atoms with Crippen molar-refractivity contribution in [3.63, 3.8) is 0 Å². The van der Waals surface area contributed by atoms with Crippen LogP contribution in [-0.2, 0) is 0 Å². The fourth-order valence-corrected chi connectivity index (χ4v) is 1.66. The van der Waals surface area contributed by atoms with E-state index in [2.05, 4.69) is 5.32 Å². The van der Waals surface area contributed by atoms with Crippen molar-refractivity contribution in [2.45, 2.75) is 6.92 Å². The lowest BCUT2D eigenvalue weighted by molar-refractivity contribution is -0.383. The summed E-state index contributed by atoms with van der Waals surface area (Å²) in [6.07, 6.45) is 0. The summed E-state index contributed by atoms with van der Waals surface area (Å²) in [5, 5.41) is 22.8. The molecule has 0 aliphatic carbocycles. The highest BCUT2D eigenvalue weighted by atomic mass is 16.6. The number of nitrogens with one attached hydrogen (secondary N) is 1. The molecule has 0 radical (unpaired) electrons. The predicted molar refractivity (Wildman–Crippen MR) is 72.3 cm³/mol. The Balaban J connectivity index is 2.40. The van der Waals surface area contributed by atoms with Gasteiger partial charge < -0.3 is 5.32 Å². The molecule has 0 heterocycles. The van der Waals surface area contributed by atoms with Crippen molar-refractivity contribution >= 4 is 17.1 Å². The maximum atomic E-state index is 10.9. The molecule has 0 aliphatic rings. The Morgan fingerprint density at radius 3 is 2.47 bits per heavy atom. The van der Waals surface area contributed by atoms with Gasteiger partial charge in [0, 0.05) is 11.8 Å². The van der Waals surface area contributed by atoms with Crippen LogP contribution in [0.3, 0.4) is 0 Å². The lowest BCUT2D eigenvalue weighted by atomic mass is 10.1. The normalized spacial score (nSPS) is 9.68. The zero-order valence-electron chi connectivity index (χ0n) is 10.3. The molecule has 0 aromatic heterocycles. The van der Waals surface area contributed by atoms with Gasteiger partial charge in [-0.25, -0.2) is 0 Å². The lowest BCUT2D eigenvalue weighted by Crippen LogP contribution is -1.97.